The number of sulfonamides is 1. The summed E-state index contributed by atoms with van der Waals surface area (Å²) in [6.45, 7) is 8.18. The first-order chi connectivity index (χ1) is 13.0. The van der Waals surface area contributed by atoms with E-state index in [0.29, 0.717) is 28.4 Å². The number of nitrogens with one attached hydrogen (secondary N) is 1. The van der Waals surface area contributed by atoms with E-state index in [1.165, 1.54) is 33.9 Å². The molecule has 0 bridgehead atoms. The Hall–Kier alpha value is -2.07. The molecule has 9 heteroatoms. The molecule has 1 amide bonds. The van der Waals surface area contributed by atoms with Gasteiger partial charge < -0.3 is 4.74 Å². The third-order valence-electron chi connectivity index (χ3n) is 4.12. The standard InChI is InChI=1S/C18H21N3O4S2/c1-3-9-21(10-4-2)27(23,24)13-7-8-14-16(12-13)26-18(19-14)20-17(22)15-6-5-11-25-15/h3-4,7-8,12,15H,1-2,5-6,9-11H2,(H,19,20,22)/t15-/m1/s1. The number of fused-ring (bicyclic) bond motifs is 1. The van der Waals surface area contributed by atoms with Gasteiger partial charge in [-0.3, -0.25) is 10.1 Å². The third-order valence-corrected chi connectivity index (χ3v) is 6.88. The molecule has 1 saturated heterocycles. The zero-order valence-electron chi connectivity index (χ0n) is 14.8. The first-order valence-corrected chi connectivity index (χ1v) is 10.8. The normalized spacial score (nSPS) is 17.3. The molecular weight excluding hydrogens is 386 g/mol. The Kier molecular flexibility index (Phi) is 6.05. The average molecular weight is 408 g/mol. The predicted molar refractivity (Wildman–Crippen MR) is 106 cm³/mol. The van der Waals surface area contributed by atoms with Gasteiger partial charge in [-0.15, -0.1) is 13.2 Å². The fraction of sp³-hybridized carbons (Fsp3) is 0.333. The van der Waals surface area contributed by atoms with Crippen LogP contribution in [-0.2, 0) is 19.6 Å². The second kappa shape index (κ2) is 8.30. The highest BCUT2D eigenvalue weighted by Crippen LogP contribution is 2.29. The maximum atomic E-state index is 12.8. The Morgan fingerprint density at radius 2 is 2.11 bits per heavy atom. The molecule has 1 N–H and O–H groups in total. The van der Waals surface area contributed by atoms with Crippen molar-refractivity contribution in [3.8, 4) is 0 Å². The molecular formula is C18H21N3O4S2. The maximum Gasteiger partial charge on any atom is 0.255 e. The fourth-order valence-corrected chi connectivity index (χ4v) is 5.19. The van der Waals surface area contributed by atoms with Crippen molar-refractivity contribution in [1.29, 1.82) is 0 Å². The number of hydrogen-bond acceptors (Lipinski definition) is 6. The van der Waals surface area contributed by atoms with Crippen molar-refractivity contribution in [3.05, 3.63) is 43.5 Å². The zero-order valence-corrected chi connectivity index (χ0v) is 16.4. The number of ether oxygens (including phenoxy) is 1. The molecule has 144 valence electrons. The number of carbonyl (C=O) groups excluding carboxylic acids is 1. The van der Waals surface area contributed by atoms with Crippen LogP contribution in [0.3, 0.4) is 0 Å². The Morgan fingerprint density at radius 1 is 1.37 bits per heavy atom. The molecule has 0 aliphatic carbocycles. The molecule has 0 unspecified atom stereocenters. The molecule has 1 atom stereocenters. The highest BCUT2D eigenvalue weighted by molar-refractivity contribution is 7.89. The quantitative estimate of drug-likeness (QED) is 0.680. The van der Waals surface area contributed by atoms with Gasteiger partial charge in [-0.1, -0.05) is 23.5 Å². The number of thiazole rings is 1. The second-order valence-corrected chi connectivity index (χ2v) is 9.01. The molecule has 2 aromatic rings. The van der Waals surface area contributed by atoms with Crippen LogP contribution in [0, 0.1) is 0 Å². The van der Waals surface area contributed by atoms with Gasteiger partial charge in [-0.25, -0.2) is 13.4 Å². The monoisotopic (exact) mass is 407 g/mol. The van der Waals surface area contributed by atoms with Crippen molar-refractivity contribution in [2.75, 3.05) is 25.0 Å². The number of benzene rings is 1. The molecule has 0 spiro atoms. The summed E-state index contributed by atoms with van der Waals surface area (Å²) in [5, 5.41) is 3.18. The van der Waals surface area contributed by atoms with Gasteiger partial charge in [-0.05, 0) is 31.0 Å². The molecule has 1 aromatic carbocycles. The van der Waals surface area contributed by atoms with E-state index in [9.17, 15) is 13.2 Å². The highest BCUT2D eigenvalue weighted by atomic mass is 32.2. The van der Waals surface area contributed by atoms with Gasteiger partial charge in [0.2, 0.25) is 10.0 Å². The predicted octanol–water partition coefficient (Wildman–Crippen LogP) is 2.78. The van der Waals surface area contributed by atoms with Crippen LogP contribution in [0.2, 0.25) is 0 Å². The van der Waals surface area contributed by atoms with Crippen molar-refractivity contribution in [1.82, 2.24) is 9.29 Å². The Balaban J connectivity index is 1.85. The molecule has 0 radical (unpaired) electrons. The maximum absolute atomic E-state index is 12.8. The average Bonchev–Trinajstić information content (AvgIpc) is 3.30. The van der Waals surface area contributed by atoms with Crippen LogP contribution < -0.4 is 5.32 Å². The minimum absolute atomic E-state index is 0.166. The van der Waals surface area contributed by atoms with E-state index < -0.39 is 16.1 Å². The topological polar surface area (TPSA) is 88.6 Å². The van der Waals surface area contributed by atoms with Crippen LogP contribution in [-0.4, -0.2) is 49.4 Å². The molecule has 2 heterocycles. The first kappa shape index (κ1) is 19.7. The molecule has 1 aliphatic heterocycles. The summed E-state index contributed by atoms with van der Waals surface area (Å²) in [6.07, 6.45) is 4.18. The van der Waals surface area contributed by atoms with Crippen LogP contribution in [0.5, 0.6) is 0 Å². The van der Waals surface area contributed by atoms with Crippen molar-refractivity contribution in [2.45, 2.75) is 23.8 Å². The molecule has 0 saturated carbocycles. The lowest BCUT2D eigenvalue weighted by Gasteiger charge is -2.18. The number of aromatic nitrogens is 1. The summed E-state index contributed by atoms with van der Waals surface area (Å²) in [4.78, 5) is 16.7. The van der Waals surface area contributed by atoms with E-state index in [-0.39, 0.29) is 23.9 Å². The number of rotatable bonds is 8. The van der Waals surface area contributed by atoms with E-state index in [0.717, 1.165) is 6.42 Å². The summed E-state index contributed by atoms with van der Waals surface area (Å²) in [5.41, 5.74) is 0.626. The summed E-state index contributed by atoms with van der Waals surface area (Å²) in [5.74, 6) is -0.220. The Bertz CT molecular complexity index is 952. The third kappa shape index (κ3) is 4.27. The lowest BCUT2D eigenvalue weighted by molar-refractivity contribution is -0.124. The Labute approximate surface area is 162 Å². The van der Waals surface area contributed by atoms with Gasteiger partial charge in [0.05, 0.1) is 15.1 Å². The van der Waals surface area contributed by atoms with E-state index in [1.807, 2.05) is 0 Å². The van der Waals surface area contributed by atoms with Gasteiger partial charge in [-0.2, -0.15) is 4.31 Å². The molecule has 1 aromatic heterocycles. The number of amides is 1. The van der Waals surface area contributed by atoms with Gasteiger partial charge in [0.1, 0.15) is 6.10 Å². The number of nitrogens with zero attached hydrogens (tertiary/aromatic N) is 2. The van der Waals surface area contributed by atoms with E-state index in [4.69, 9.17) is 4.74 Å². The number of carbonyl (C=O) groups is 1. The molecule has 1 aliphatic rings. The fourth-order valence-electron chi connectivity index (χ4n) is 2.80. The summed E-state index contributed by atoms with van der Waals surface area (Å²) in [6, 6.07) is 4.73. The molecule has 27 heavy (non-hydrogen) atoms. The van der Waals surface area contributed by atoms with E-state index in [2.05, 4.69) is 23.5 Å². The lowest BCUT2D eigenvalue weighted by atomic mass is 10.2. The SMILES string of the molecule is C=CCN(CC=C)S(=O)(=O)c1ccc2nc(NC(=O)[C@H]3CCCO3)sc2c1. The van der Waals surface area contributed by atoms with Gasteiger partial charge in [0.25, 0.3) is 5.91 Å². The number of hydrogen-bond donors (Lipinski definition) is 1. The van der Waals surface area contributed by atoms with E-state index in [1.54, 1.807) is 12.1 Å². The van der Waals surface area contributed by atoms with Crippen LogP contribution in [0.1, 0.15) is 12.8 Å². The van der Waals surface area contributed by atoms with Crippen molar-refractivity contribution < 1.29 is 17.9 Å². The minimum Gasteiger partial charge on any atom is -0.368 e. The van der Waals surface area contributed by atoms with Crippen molar-refractivity contribution in [3.63, 3.8) is 0 Å². The zero-order chi connectivity index (χ0) is 19.4. The van der Waals surface area contributed by atoms with Gasteiger partial charge in [0, 0.05) is 19.7 Å². The summed E-state index contributed by atoms with van der Waals surface area (Å²) in [7, 11) is -3.68. The Morgan fingerprint density at radius 3 is 2.74 bits per heavy atom. The second-order valence-electron chi connectivity index (χ2n) is 6.04. The van der Waals surface area contributed by atoms with Crippen LogP contribution in [0.4, 0.5) is 5.13 Å². The van der Waals surface area contributed by atoms with E-state index >= 15 is 0 Å². The first-order valence-electron chi connectivity index (χ1n) is 8.50. The molecule has 1 fully saturated rings. The van der Waals surface area contributed by atoms with Gasteiger partial charge >= 0.3 is 0 Å². The largest absolute Gasteiger partial charge is 0.368 e. The van der Waals surface area contributed by atoms with Crippen LogP contribution in [0.25, 0.3) is 10.2 Å². The van der Waals surface area contributed by atoms with Gasteiger partial charge in [0.15, 0.2) is 5.13 Å². The summed E-state index contributed by atoms with van der Waals surface area (Å²) < 4.78 is 33.0. The molecule has 7 nitrogen and oxygen atoms in total. The highest BCUT2D eigenvalue weighted by Gasteiger charge is 2.25. The molecule has 3 rings (SSSR count). The summed E-state index contributed by atoms with van der Waals surface area (Å²) >= 11 is 1.23. The smallest absolute Gasteiger partial charge is 0.255 e. The van der Waals surface area contributed by atoms with Crippen LogP contribution in [0.15, 0.2) is 48.4 Å². The van der Waals surface area contributed by atoms with Crippen molar-refractivity contribution >= 4 is 42.6 Å². The minimum atomic E-state index is -3.68. The van der Waals surface area contributed by atoms with Crippen LogP contribution >= 0.6 is 11.3 Å². The lowest BCUT2D eigenvalue weighted by Crippen LogP contribution is -2.31. The van der Waals surface area contributed by atoms with Crippen molar-refractivity contribution in [2.24, 2.45) is 0 Å². The number of anilines is 1.